The Morgan fingerprint density at radius 2 is 1.62 bits per heavy atom. The number of carbonyl (C=O) groups is 1. The van der Waals surface area contributed by atoms with Crippen LogP contribution in [0.1, 0.15) is 0 Å². The Kier molecular flexibility index (Phi) is 7.39. The highest BCUT2D eigenvalue weighted by Gasteiger charge is 2.21. The quantitative estimate of drug-likeness (QED) is 0.146. The second kappa shape index (κ2) is 10.0. The molecule has 0 saturated heterocycles. The summed E-state index contributed by atoms with van der Waals surface area (Å²) in [5.41, 5.74) is 0.361. The predicted molar refractivity (Wildman–Crippen MR) is 123 cm³/mol. The van der Waals surface area contributed by atoms with Gasteiger partial charge in [0.05, 0.1) is 21.3 Å². The summed E-state index contributed by atoms with van der Waals surface area (Å²) in [6, 6.07) is 17.7. The zero-order valence-electron chi connectivity index (χ0n) is 16.7. The predicted octanol–water partition coefficient (Wildman–Crippen LogP) is 4.77. The van der Waals surface area contributed by atoms with E-state index >= 15 is 0 Å². The van der Waals surface area contributed by atoms with E-state index in [4.69, 9.17) is 16.3 Å². The van der Waals surface area contributed by atoms with Crippen LogP contribution in [0.2, 0.25) is 5.02 Å². The monoisotopic (exact) mass is 492 g/mol. The van der Waals surface area contributed by atoms with Gasteiger partial charge in [-0.2, -0.15) is 0 Å². The lowest BCUT2D eigenvalue weighted by atomic mass is 10.3. The molecule has 0 unspecified atom stereocenters. The van der Waals surface area contributed by atoms with E-state index in [1.807, 2.05) is 0 Å². The second-order valence-electron chi connectivity index (χ2n) is 6.43. The third-order valence-corrected chi connectivity index (χ3v) is 7.35. The number of hydrogen-bond acceptors (Lipinski definition) is 7. The Hall–Kier alpha value is -3.08. The van der Waals surface area contributed by atoms with Crippen molar-refractivity contribution in [3.8, 4) is 5.75 Å². The zero-order valence-corrected chi connectivity index (χ0v) is 19.1. The van der Waals surface area contributed by atoms with Crippen molar-refractivity contribution in [2.24, 2.45) is 0 Å². The minimum Gasteiger partial charge on any atom is -0.426 e. The maximum Gasteiger partial charge on any atom is 0.321 e. The summed E-state index contributed by atoms with van der Waals surface area (Å²) in [5, 5.41) is 11.1. The molecule has 166 valence electrons. The van der Waals surface area contributed by atoms with E-state index in [9.17, 15) is 23.3 Å². The van der Waals surface area contributed by atoms with Crippen LogP contribution < -0.4 is 9.04 Å². The second-order valence-corrected chi connectivity index (χ2v) is 9.89. The van der Waals surface area contributed by atoms with Crippen molar-refractivity contribution in [2.75, 3.05) is 17.1 Å². The van der Waals surface area contributed by atoms with Gasteiger partial charge in [0.15, 0.2) is 0 Å². The molecule has 0 aromatic heterocycles. The van der Waals surface area contributed by atoms with Crippen LogP contribution in [0, 0.1) is 10.1 Å². The highest BCUT2D eigenvalue weighted by molar-refractivity contribution is 8.00. The van der Waals surface area contributed by atoms with Crippen molar-refractivity contribution in [3.63, 3.8) is 0 Å². The van der Waals surface area contributed by atoms with Crippen LogP contribution in [0.3, 0.4) is 0 Å². The van der Waals surface area contributed by atoms with Crippen LogP contribution in [-0.4, -0.2) is 32.1 Å². The molecule has 0 heterocycles. The largest absolute Gasteiger partial charge is 0.426 e. The standard InChI is InChI=1S/C21H17ClN2O6S2/c1-23(32(28,29)20-12-2-15(22)3-13-20)16-4-8-18(9-5-16)30-21(25)14-31-19-10-6-17(7-11-19)24(26)27/h2-13H,14H2,1H3. The summed E-state index contributed by atoms with van der Waals surface area (Å²) in [7, 11) is -2.35. The van der Waals surface area contributed by atoms with Crippen molar-refractivity contribution >= 4 is 50.7 Å². The number of benzene rings is 3. The van der Waals surface area contributed by atoms with Crippen molar-refractivity contribution < 1.29 is 22.9 Å². The fourth-order valence-corrected chi connectivity index (χ4v) is 4.59. The Balaban J connectivity index is 1.59. The average Bonchev–Trinajstić information content (AvgIpc) is 2.78. The molecule has 0 spiro atoms. The van der Waals surface area contributed by atoms with Crippen molar-refractivity contribution in [2.45, 2.75) is 9.79 Å². The molecule has 0 N–H and O–H groups in total. The van der Waals surface area contributed by atoms with Gasteiger partial charge in [0.1, 0.15) is 5.75 Å². The fraction of sp³-hybridized carbons (Fsp3) is 0.0952. The highest BCUT2D eigenvalue weighted by atomic mass is 35.5. The molecule has 8 nitrogen and oxygen atoms in total. The SMILES string of the molecule is CN(c1ccc(OC(=O)CSc2ccc([N+](=O)[O-])cc2)cc1)S(=O)(=O)c1ccc(Cl)cc1. The Labute approximate surface area is 194 Å². The Morgan fingerprint density at radius 3 is 2.19 bits per heavy atom. The minimum absolute atomic E-state index is 0.00438. The number of sulfonamides is 1. The van der Waals surface area contributed by atoms with Gasteiger partial charge in [0.2, 0.25) is 0 Å². The molecule has 0 aliphatic rings. The molecular weight excluding hydrogens is 476 g/mol. The number of nitro groups is 1. The van der Waals surface area contributed by atoms with E-state index in [0.717, 1.165) is 4.31 Å². The number of nitro benzene ring substituents is 1. The lowest BCUT2D eigenvalue weighted by Gasteiger charge is -2.19. The number of thioether (sulfide) groups is 1. The van der Waals surface area contributed by atoms with Crippen LogP contribution in [0.5, 0.6) is 5.75 Å². The molecule has 0 aliphatic carbocycles. The summed E-state index contributed by atoms with van der Waals surface area (Å²) in [5.74, 6) is -0.242. The molecule has 0 fully saturated rings. The third-order valence-electron chi connectivity index (χ3n) is 4.31. The number of ether oxygens (including phenoxy) is 1. The third kappa shape index (κ3) is 5.78. The molecule has 0 amide bonds. The minimum atomic E-state index is -3.77. The van der Waals surface area contributed by atoms with Gasteiger partial charge in [-0.25, -0.2) is 8.42 Å². The maximum absolute atomic E-state index is 12.7. The number of esters is 1. The first-order chi connectivity index (χ1) is 15.2. The number of halogens is 1. The molecule has 3 aromatic rings. The van der Waals surface area contributed by atoms with E-state index < -0.39 is 20.9 Å². The number of nitrogens with zero attached hydrogens (tertiary/aromatic N) is 2. The molecule has 3 aromatic carbocycles. The highest BCUT2D eigenvalue weighted by Crippen LogP contribution is 2.26. The summed E-state index contributed by atoms with van der Waals surface area (Å²) in [6.07, 6.45) is 0. The van der Waals surface area contributed by atoms with Crippen LogP contribution in [0.4, 0.5) is 11.4 Å². The lowest BCUT2D eigenvalue weighted by Crippen LogP contribution is -2.26. The van der Waals surface area contributed by atoms with E-state index in [1.165, 1.54) is 79.5 Å². The molecule has 0 atom stereocenters. The van der Waals surface area contributed by atoms with Gasteiger partial charge >= 0.3 is 5.97 Å². The van der Waals surface area contributed by atoms with Crippen LogP contribution in [0.15, 0.2) is 82.6 Å². The normalized spacial score (nSPS) is 11.1. The first-order valence-electron chi connectivity index (χ1n) is 9.09. The van der Waals surface area contributed by atoms with Gasteiger partial charge in [0, 0.05) is 29.1 Å². The molecule has 32 heavy (non-hydrogen) atoms. The molecule has 0 saturated carbocycles. The van der Waals surface area contributed by atoms with E-state index in [2.05, 4.69) is 0 Å². The molecule has 0 radical (unpaired) electrons. The van der Waals surface area contributed by atoms with Crippen molar-refractivity contribution in [3.05, 3.63) is 87.9 Å². The first-order valence-corrected chi connectivity index (χ1v) is 11.9. The van der Waals surface area contributed by atoms with Gasteiger partial charge in [-0.1, -0.05) is 11.6 Å². The number of anilines is 1. The van der Waals surface area contributed by atoms with E-state index in [-0.39, 0.29) is 22.1 Å². The maximum atomic E-state index is 12.7. The molecular formula is C21H17ClN2O6S2. The Bertz CT molecular complexity index is 1210. The molecule has 3 rings (SSSR count). The summed E-state index contributed by atoms with van der Waals surface area (Å²) < 4.78 is 31.9. The number of hydrogen-bond donors (Lipinski definition) is 0. The number of carbonyl (C=O) groups excluding carboxylic acids is 1. The molecule has 11 heteroatoms. The van der Waals surface area contributed by atoms with Gasteiger partial charge in [-0.15, -0.1) is 11.8 Å². The van der Waals surface area contributed by atoms with Gasteiger partial charge < -0.3 is 4.74 Å². The first kappa shape index (κ1) is 23.6. The van der Waals surface area contributed by atoms with Crippen LogP contribution in [-0.2, 0) is 14.8 Å². The lowest BCUT2D eigenvalue weighted by molar-refractivity contribution is -0.384. The van der Waals surface area contributed by atoms with E-state index in [1.54, 1.807) is 12.1 Å². The summed E-state index contributed by atoms with van der Waals surface area (Å²) >= 11 is 7.00. The molecule has 0 bridgehead atoms. The van der Waals surface area contributed by atoms with Gasteiger partial charge in [-0.05, 0) is 60.7 Å². The number of rotatable bonds is 8. The summed E-state index contributed by atoms with van der Waals surface area (Å²) in [4.78, 5) is 23.0. The molecule has 0 aliphatic heterocycles. The van der Waals surface area contributed by atoms with Gasteiger partial charge in [-0.3, -0.25) is 19.2 Å². The van der Waals surface area contributed by atoms with Crippen LogP contribution >= 0.6 is 23.4 Å². The van der Waals surface area contributed by atoms with Crippen molar-refractivity contribution in [1.82, 2.24) is 0 Å². The van der Waals surface area contributed by atoms with Crippen LogP contribution in [0.25, 0.3) is 0 Å². The zero-order chi connectivity index (χ0) is 23.3. The number of non-ortho nitro benzene ring substituents is 1. The smallest absolute Gasteiger partial charge is 0.321 e. The topological polar surface area (TPSA) is 107 Å². The Morgan fingerprint density at radius 1 is 1.03 bits per heavy atom. The summed E-state index contributed by atoms with van der Waals surface area (Å²) in [6.45, 7) is 0. The van der Waals surface area contributed by atoms with E-state index in [0.29, 0.717) is 15.6 Å². The average molecular weight is 493 g/mol. The fourth-order valence-electron chi connectivity index (χ4n) is 2.59. The van der Waals surface area contributed by atoms with Crippen molar-refractivity contribution in [1.29, 1.82) is 0 Å². The van der Waals surface area contributed by atoms with Gasteiger partial charge in [0.25, 0.3) is 15.7 Å².